The van der Waals surface area contributed by atoms with Gasteiger partial charge in [-0.3, -0.25) is 9.59 Å². The maximum Gasteiger partial charge on any atom is 0.416 e. The normalized spacial score (nSPS) is 12.1. The first kappa shape index (κ1) is 26.8. The highest BCUT2D eigenvalue weighted by atomic mass is 19.4. The Balaban J connectivity index is 2.02. The topological polar surface area (TPSA) is 49.9 Å². The van der Waals surface area contributed by atoms with Crippen LogP contribution in [-0.4, -0.2) is 44.5 Å². The van der Waals surface area contributed by atoms with Crippen LogP contribution in [0.3, 0.4) is 0 Å². The highest BCUT2D eigenvalue weighted by Gasteiger charge is 2.35. The second-order valence-corrected chi connectivity index (χ2v) is 8.66. The molecule has 0 aliphatic heterocycles. The van der Waals surface area contributed by atoms with Crippen molar-refractivity contribution >= 4 is 17.5 Å². The number of rotatable bonds is 8. The third-order valence-corrected chi connectivity index (χ3v) is 5.95. The van der Waals surface area contributed by atoms with Gasteiger partial charge < -0.3 is 14.5 Å². The first-order valence-corrected chi connectivity index (χ1v) is 11.4. The average Bonchev–Trinajstić information content (AvgIpc) is 2.85. The van der Waals surface area contributed by atoms with Crippen LogP contribution in [0.4, 0.5) is 18.9 Å². The van der Waals surface area contributed by atoms with E-state index in [1.165, 1.54) is 29.0 Å². The van der Waals surface area contributed by atoms with Crippen LogP contribution in [0.2, 0.25) is 0 Å². The molecule has 0 aliphatic carbocycles. The Hall–Kier alpha value is -3.81. The van der Waals surface area contributed by atoms with Crippen molar-refractivity contribution in [2.75, 3.05) is 32.6 Å². The summed E-state index contributed by atoms with van der Waals surface area (Å²) >= 11 is 0. The van der Waals surface area contributed by atoms with Crippen molar-refractivity contribution in [2.45, 2.75) is 25.4 Å². The van der Waals surface area contributed by atoms with Gasteiger partial charge in [-0.15, -0.1) is 0 Å². The zero-order chi connectivity index (χ0) is 26.5. The van der Waals surface area contributed by atoms with E-state index < -0.39 is 23.6 Å². The van der Waals surface area contributed by atoms with Crippen LogP contribution in [0.15, 0.2) is 72.8 Å². The molecule has 0 saturated heterocycles. The van der Waals surface area contributed by atoms with Gasteiger partial charge >= 0.3 is 6.18 Å². The lowest BCUT2D eigenvalue weighted by Gasteiger charge is -2.30. The zero-order valence-corrected chi connectivity index (χ0v) is 20.7. The number of likely N-dealkylation sites (N-methyl/N-ethyl adjacent to an activating group) is 1. The standard InChI is InChI=1S/C28H29F3N2O3/c1-19-10-15-23(36-4)18-24(19)33(17-16-20-11-13-22(14-12-20)28(29,30)31)27(35)25(26(34)32(2)3)21-8-6-5-7-9-21/h5-15,18,25H,16-17H2,1-4H3. The molecule has 8 heteroatoms. The number of anilines is 1. The van der Waals surface area contributed by atoms with E-state index >= 15 is 0 Å². The fraction of sp³-hybridized carbons (Fsp3) is 0.286. The Kier molecular flexibility index (Phi) is 8.40. The molecule has 0 saturated carbocycles. The Labute approximate surface area is 209 Å². The summed E-state index contributed by atoms with van der Waals surface area (Å²) in [7, 11) is 4.70. The number of alkyl halides is 3. The van der Waals surface area contributed by atoms with Gasteiger partial charge in [0.2, 0.25) is 11.8 Å². The molecule has 0 aliphatic rings. The third kappa shape index (κ3) is 6.24. The Morgan fingerprint density at radius 3 is 2.11 bits per heavy atom. The first-order valence-electron chi connectivity index (χ1n) is 11.4. The molecule has 0 bridgehead atoms. The summed E-state index contributed by atoms with van der Waals surface area (Å²) in [5, 5.41) is 0. The number of ether oxygens (including phenoxy) is 1. The SMILES string of the molecule is COc1ccc(C)c(N(CCc2ccc(C(F)(F)F)cc2)C(=O)C(C(=O)N(C)C)c2ccccc2)c1. The van der Waals surface area contributed by atoms with E-state index in [0.717, 1.165) is 17.7 Å². The molecule has 190 valence electrons. The molecule has 0 aromatic heterocycles. The molecule has 1 unspecified atom stereocenters. The van der Waals surface area contributed by atoms with Crippen LogP contribution in [-0.2, 0) is 22.2 Å². The minimum atomic E-state index is -4.42. The van der Waals surface area contributed by atoms with Crippen molar-refractivity contribution in [3.05, 3.63) is 95.1 Å². The molecule has 0 spiro atoms. The lowest BCUT2D eigenvalue weighted by atomic mass is 9.95. The zero-order valence-electron chi connectivity index (χ0n) is 20.7. The van der Waals surface area contributed by atoms with E-state index in [-0.39, 0.29) is 18.9 Å². The van der Waals surface area contributed by atoms with Crippen molar-refractivity contribution in [2.24, 2.45) is 0 Å². The van der Waals surface area contributed by atoms with Crippen LogP contribution >= 0.6 is 0 Å². The van der Waals surface area contributed by atoms with Crippen LogP contribution in [0.1, 0.15) is 28.2 Å². The van der Waals surface area contributed by atoms with Crippen LogP contribution in [0.25, 0.3) is 0 Å². The second-order valence-electron chi connectivity index (χ2n) is 8.66. The molecule has 0 fully saturated rings. The van der Waals surface area contributed by atoms with Crippen molar-refractivity contribution < 1.29 is 27.5 Å². The van der Waals surface area contributed by atoms with Crippen molar-refractivity contribution in [3.8, 4) is 5.75 Å². The number of hydrogen-bond donors (Lipinski definition) is 0. The first-order chi connectivity index (χ1) is 17.0. The fourth-order valence-corrected chi connectivity index (χ4v) is 3.91. The molecule has 3 rings (SSSR count). The van der Waals surface area contributed by atoms with Gasteiger partial charge in [0.15, 0.2) is 0 Å². The van der Waals surface area contributed by atoms with Crippen molar-refractivity contribution in [1.82, 2.24) is 4.90 Å². The number of benzene rings is 3. The van der Waals surface area contributed by atoms with Gasteiger partial charge in [-0.05, 0) is 48.2 Å². The summed E-state index contributed by atoms with van der Waals surface area (Å²) < 4.78 is 44.3. The maximum absolute atomic E-state index is 14.0. The number of carbonyl (C=O) groups is 2. The molecule has 5 nitrogen and oxygen atoms in total. The van der Waals surface area contributed by atoms with Gasteiger partial charge in [0, 0.05) is 26.7 Å². The summed E-state index contributed by atoms with van der Waals surface area (Å²) in [6.45, 7) is 2.00. The lowest BCUT2D eigenvalue weighted by Crippen LogP contribution is -2.43. The van der Waals surface area contributed by atoms with E-state index in [0.29, 0.717) is 22.6 Å². The predicted molar refractivity (Wildman–Crippen MR) is 133 cm³/mol. The Bertz CT molecular complexity index is 1190. The van der Waals surface area contributed by atoms with Gasteiger partial charge in [0.1, 0.15) is 11.7 Å². The number of hydrogen-bond acceptors (Lipinski definition) is 3. The predicted octanol–water partition coefficient (Wildman–Crippen LogP) is 5.47. The molecule has 0 N–H and O–H groups in total. The quantitative estimate of drug-likeness (QED) is 0.387. The minimum Gasteiger partial charge on any atom is -0.497 e. The smallest absolute Gasteiger partial charge is 0.416 e. The highest BCUT2D eigenvalue weighted by Crippen LogP contribution is 2.31. The van der Waals surface area contributed by atoms with Gasteiger partial charge in [0.05, 0.1) is 18.4 Å². The lowest BCUT2D eigenvalue weighted by molar-refractivity contribution is -0.138. The molecule has 3 aromatic carbocycles. The van der Waals surface area contributed by atoms with Crippen LogP contribution in [0, 0.1) is 6.92 Å². The monoisotopic (exact) mass is 498 g/mol. The summed E-state index contributed by atoms with van der Waals surface area (Å²) in [5.41, 5.74) is 1.82. The van der Waals surface area contributed by atoms with E-state index in [1.54, 1.807) is 56.6 Å². The summed E-state index contributed by atoms with van der Waals surface area (Å²) in [5.74, 6) is -1.34. The summed E-state index contributed by atoms with van der Waals surface area (Å²) in [6.07, 6.45) is -4.13. The molecule has 1 atom stereocenters. The van der Waals surface area contributed by atoms with E-state index in [2.05, 4.69) is 0 Å². The molecule has 36 heavy (non-hydrogen) atoms. The summed E-state index contributed by atoms with van der Waals surface area (Å²) in [6, 6.07) is 19.0. The number of methoxy groups -OCH3 is 1. The molecule has 0 heterocycles. The van der Waals surface area contributed by atoms with Gasteiger partial charge in [0.25, 0.3) is 0 Å². The van der Waals surface area contributed by atoms with Crippen molar-refractivity contribution in [3.63, 3.8) is 0 Å². The number of carbonyl (C=O) groups excluding carboxylic acids is 2. The average molecular weight is 499 g/mol. The Morgan fingerprint density at radius 2 is 1.56 bits per heavy atom. The molecule has 0 radical (unpaired) electrons. The highest BCUT2D eigenvalue weighted by molar-refractivity contribution is 6.12. The van der Waals surface area contributed by atoms with E-state index in [1.807, 2.05) is 13.0 Å². The Morgan fingerprint density at radius 1 is 0.917 bits per heavy atom. The number of nitrogens with zero attached hydrogens (tertiary/aromatic N) is 2. The second kappa shape index (κ2) is 11.3. The molecular weight excluding hydrogens is 469 g/mol. The van der Waals surface area contributed by atoms with Gasteiger partial charge in [-0.1, -0.05) is 48.5 Å². The third-order valence-electron chi connectivity index (χ3n) is 5.95. The number of aryl methyl sites for hydroxylation is 1. The van der Waals surface area contributed by atoms with Crippen molar-refractivity contribution in [1.29, 1.82) is 0 Å². The number of amides is 2. The molecular formula is C28H29F3N2O3. The van der Waals surface area contributed by atoms with Gasteiger partial charge in [-0.25, -0.2) is 0 Å². The summed E-state index contributed by atoms with van der Waals surface area (Å²) in [4.78, 5) is 30.1. The minimum absolute atomic E-state index is 0.155. The van der Waals surface area contributed by atoms with E-state index in [9.17, 15) is 22.8 Å². The van der Waals surface area contributed by atoms with Gasteiger partial charge in [-0.2, -0.15) is 13.2 Å². The largest absolute Gasteiger partial charge is 0.497 e. The number of halogens is 3. The van der Waals surface area contributed by atoms with Crippen LogP contribution in [0.5, 0.6) is 5.75 Å². The van der Waals surface area contributed by atoms with Crippen LogP contribution < -0.4 is 9.64 Å². The maximum atomic E-state index is 14.0. The molecule has 3 aromatic rings. The fourth-order valence-electron chi connectivity index (χ4n) is 3.91. The van der Waals surface area contributed by atoms with E-state index in [4.69, 9.17) is 4.74 Å². The molecule has 2 amide bonds.